The van der Waals surface area contributed by atoms with E-state index in [4.69, 9.17) is 5.11 Å². The van der Waals surface area contributed by atoms with E-state index in [-0.39, 0.29) is 17.4 Å². The highest BCUT2D eigenvalue weighted by atomic mass is 16.4. The molecule has 1 aliphatic rings. The molecule has 1 saturated heterocycles. The van der Waals surface area contributed by atoms with Crippen LogP contribution in [0.1, 0.15) is 28.4 Å². The second-order valence-electron chi connectivity index (χ2n) is 6.45. The molecule has 2 aromatic carbocycles. The van der Waals surface area contributed by atoms with Crippen LogP contribution in [0.15, 0.2) is 48.5 Å². The number of aryl methyl sites for hydroxylation is 1. The second kappa shape index (κ2) is 6.51. The first-order valence-electron chi connectivity index (χ1n) is 8.15. The van der Waals surface area contributed by atoms with Crippen LogP contribution in [0.4, 0.5) is 5.69 Å². The molecule has 5 nitrogen and oxygen atoms in total. The normalized spacial score (nSPS) is 20.2. The van der Waals surface area contributed by atoms with Crippen LogP contribution in [-0.2, 0) is 16.0 Å². The van der Waals surface area contributed by atoms with Crippen LogP contribution in [0.2, 0.25) is 0 Å². The number of carboxylic acids is 1. The van der Waals surface area contributed by atoms with Crippen LogP contribution in [0.3, 0.4) is 0 Å². The Morgan fingerprint density at radius 2 is 1.60 bits per heavy atom. The molecule has 1 aliphatic heterocycles. The predicted octanol–water partition coefficient (Wildman–Crippen LogP) is 3.06. The number of carboxylic acid groups (broad SMARTS) is 1. The molecular formula is C20H19NO4. The Kier molecular flexibility index (Phi) is 4.40. The quantitative estimate of drug-likeness (QED) is 0.870. The molecule has 0 saturated carbocycles. The summed E-state index contributed by atoms with van der Waals surface area (Å²) in [6.07, 6.45) is 0.510. The third-order valence-corrected chi connectivity index (χ3v) is 4.70. The fourth-order valence-corrected chi connectivity index (χ4v) is 3.11. The number of hydrogen-bond donors (Lipinski definition) is 1. The molecule has 1 fully saturated rings. The topological polar surface area (TPSA) is 74.7 Å². The molecule has 0 aliphatic carbocycles. The number of aromatic carboxylic acids is 1. The minimum absolute atomic E-state index is 0.118. The van der Waals surface area contributed by atoms with Crippen LogP contribution in [-0.4, -0.2) is 22.9 Å². The van der Waals surface area contributed by atoms with Gasteiger partial charge in [0.1, 0.15) is 0 Å². The van der Waals surface area contributed by atoms with Crippen molar-refractivity contribution in [3.8, 4) is 0 Å². The Labute approximate surface area is 145 Å². The van der Waals surface area contributed by atoms with Gasteiger partial charge in [0, 0.05) is 5.92 Å². The van der Waals surface area contributed by atoms with Crippen LogP contribution < -0.4 is 4.90 Å². The predicted molar refractivity (Wildman–Crippen MR) is 93.4 cm³/mol. The number of rotatable bonds is 4. The first-order valence-corrected chi connectivity index (χ1v) is 8.15. The Morgan fingerprint density at radius 3 is 2.16 bits per heavy atom. The van der Waals surface area contributed by atoms with Gasteiger partial charge in [-0.3, -0.25) is 14.5 Å². The van der Waals surface area contributed by atoms with Crippen molar-refractivity contribution in [2.45, 2.75) is 20.3 Å². The number of carbonyl (C=O) groups excluding carboxylic acids is 2. The van der Waals surface area contributed by atoms with Crippen molar-refractivity contribution in [2.24, 2.45) is 11.8 Å². The summed E-state index contributed by atoms with van der Waals surface area (Å²) in [4.78, 5) is 37.5. The number of benzene rings is 2. The molecule has 1 N–H and O–H groups in total. The largest absolute Gasteiger partial charge is 0.478 e. The molecule has 2 amide bonds. The number of nitrogens with zero attached hydrogens (tertiary/aromatic N) is 1. The van der Waals surface area contributed by atoms with Gasteiger partial charge >= 0.3 is 5.97 Å². The Bertz CT molecular complexity index is 824. The number of hydrogen-bond acceptors (Lipinski definition) is 3. The van der Waals surface area contributed by atoms with E-state index in [0.29, 0.717) is 12.1 Å². The van der Waals surface area contributed by atoms with E-state index in [9.17, 15) is 14.4 Å². The zero-order chi connectivity index (χ0) is 18.1. The number of amides is 2. The Morgan fingerprint density at radius 1 is 1.00 bits per heavy atom. The second-order valence-corrected chi connectivity index (χ2v) is 6.45. The van der Waals surface area contributed by atoms with Gasteiger partial charge in [0.25, 0.3) is 0 Å². The van der Waals surface area contributed by atoms with Crippen molar-refractivity contribution in [2.75, 3.05) is 4.90 Å². The minimum Gasteiger partial charge on any atom is -0.478 e. The maximum Gasteiger partial charge on any atom is 0.335 e. The molecule has 0 bridgehead atoms. The summed E-state index contributed by atoms with van der Waals surface area (Å²) in [5.74, 6) is -2.34. The molecular weight excluding hydrogens is 318 g/mol. The zero-order valence-corrected chi connectivity index (χ0v) is 14.1. The van der Waals surface area contributed by atoms with Gasteiger partial charge in [0.15, 0.2) is 0 Å². The lowest BCUT2D eigenvalue weighted by molar-refractivity contribution is -0.122. The van der Waals surface area contributed by atoms with E-state index < -0.39 is 17.8 Å². The third kappa shape index (κ3) is 3.18. The average molecular weight is 337 g/mol. The molecule has 5 heteroatoms. The highest BCUT2D eigenvalue weighted by molar-refractivity contribution is 6.22. The van der Waals surface area contributed by atoms with Gasteiger partial charge in [0.05, 0.1) is 17.2 Å². The van der Waals surface area contributed by atoms with Gasteiger partial charge in [0.2, 0.25) is 11.8 Å². The molecule has 0 spiro atoms. The van der Waals surface area contributed by atoms with Crippen molar-refractivity contribution < 1.29 is 19.5 Å². The first kappa shape index (κ1) is 16.9. The summed E-state index contributed by atoms with van der Waals surface area (Å²) >= 11 is 0. The lowest BCUT2D eigenvalue weighted by Crippen LogP contribution is -2.31. The number of carbonyl (C=O) groups is 3. The van der Waals surface area contributed by atoms with E-state index in [1.54, 1.807) is 6.92 Å². The summed E-state index contributed by atoms with van der Waals surface area (Å²) in [5.41, 5.74) is 2.70. The van der Waals surface area contributed by atoms with Gasteiger partial charge in [-0.25, -0.2) is 4.79 Å². The maximum atomic E-state index is 12.8. The fraction of sp³-hybridized carbons (Fsp3) is 0.250. The van der Waals surface area contributed by atoms with Crippen molar-refractivity contribution in [3.63, 3.8) is 0 Å². The molecule has 2 atom stereocenters. The summed E-state index contributed by atoms with van der Waals surface area (Å²) in [6, 6.07) is 13.7. The van der Waals surface area contributed by atoms with Crippen LogP contribution >= 0.6 is 0 Å². The third-order valence-electron chi connectivity index (χ3n) is 4.70. The lowest BCUT2D eigenvalue weighted by atomic mass is 9.90. The summed E-state index contributed by atoms with van der Waals surface area (Å²) in [7, 11) is 0. The monoisotopic (exact) mass is 337 g/mol. The highest BCUT2D eigenvalue weighted by Crippen LogP contribution is 2.33. The van der Waals surface area contributed by atoms with Crippen LogP contribution in [0.25, 0.3) is 0 Å². The number of anilines is 1. The molecule has 25 heavy (non-hydrogen) atoms. The maximum absolute atomic E-state index is 12.8. The molecule has 2 aromatic rings. The fourth-order valence-electron chi connectivity index (χ4n) is 3.11. The van der Waals surface area contributed by atoms with Gasteiger partial charge in [-0.15, -0.1) is 0 Å². The van der Waals surface area contributed by atoms with Gasteiger partial charge in [-0.05, 0) is 43.2 Å². The van der Waals surface area contributed by atoms with Crippen LogP contribution in [0, 0.1) is 18.8 Å². The summed E-state index contributed by atoms with van der Waals surface area (Å²) < 4.78 is 0. The molecule has 0 unspecified atom stereocenters. The van der Waals surface area contributed by atoms with E-state index in [2.05, 4.69) is 0 Å². The van der Waals surface area contributed by atoms with E-state index >= 15 is 0 Å². The van der Waals surface area contributed by atoms with Gasteiger partial charge in [-0.1, -0.05) is 36.8 Å². The lowest BCUT2D eigenvalue weighted by Gasteiger charge is -2.15. The van der Waals surface area contributed by atoms with Crippen molar-refractivity contribution in [1.29, 1.82) is 0 Å². The highest BCUT2D eigenvalue weighted by Gasteiger charge is 2.45. The molecule has 0 aromatic heterocycles. The van der Waals surface area contributed by atoms with Crippen LogP contribution in [0.5, 0.6) is 0 Å². The van der Waals surface area contributed by atoms with Gasteiger partial charge in [-0.2, -0.15) is 0 Å². The molecule has 128 valence electrons. The Balaban J connectivity index is 1.84. The van der Waals surface area contributed by atoms with E-state index in [1.807, 2.05) is 31.2 Å². The van der Waals surface area contributed by atoms with Crippen molar-refractivity contribution in [1.82, 2.24) is 0 Å². The number of imide groups is 1. The average Bonchev–Trinajstić information content (AvgIpc) is 2.80. The van der Waals surface area contributed by atoms with Gasteiger partial charge < -0.3 is 5.11 Å². The van der Waals surface area contributed by atoms with E-state index in [1.165, 1.54) is 29.2 Å². The Hall–Kier alpha value is -2.95. The SMILES string of the molecule is Cc1ccc(C[C@H]2C(=O)N(c3ccc(C(=O)O)cc3)C(=O)[C@H]2C)cc1. The van der Waals surface area contributed by atoms with E-state index in [0.717, 1.165) is 11.1 Å². The summed E-state index contributed by atoms with van der Waals surface area (Å²) in [5, 5.41) is 8.97. The first-order chi connectivity index (χ1) is 11.9. The molecule has 0 radical (unpaired) electrons. The summed E-state index contributed by atoms with van der Waals surface area (Å²) in [6.45, 7) is 3.77. The van der Waals surface area contributed by atoms with Crippen molar-refractivity contribution in [3.05, 3.63) is 65.2 Å². The zero-order valence-electron chi connectivity index (χ0n) is 14.1. The smallest absolute Gasteiger partial charge is 0.335 e. The standard InChI is InChI=1S/C20H19NO4/c1-12-3-5-14(6-4-12)11-17-13(2)18(22)21(19(17)23)16-9-7-15(8-10-16)20(24)25/h3-10,13,17H,11H2,1-2H3,(H,24,25)/t13-,17+/m0/s1. The molecule has 1 heterocycles. The molecule has 3 rings (SSSR count). The van der Waals surface area contributed by atoms with Crippen molar-refractivity contribution >= 4 is 23.5 Å². The minimum atomic E-state index is -1.05.